The molecule has 0 radical (unpaired) electrons. The Morgan fingerprint density at radius 3 is 2.89 bits per heavy atom. The number of aromatic nitrogens is 5. The van der Waals surface area contributed by atoms with Crippen LogP contribution in [0.2, 0.25) is 5.15 Å². The highest BCUT2D eigenvalue weighted by Gasteiger charge is 2.09. The van der Waals surface area contributed by atoms with Crippen LogP contribution >= 0.6 is 23.4 Å². The molecule has 0 atom stereocenters. The number of para-hydroxylation sites is 1. The van der Waals surface area contributed by atoms with Gasteiger partial charge < -0.3 is 0 Å². The average molecular weight is 278 g/mol. The van der Waals surface area contributed by atoms with E-state index in [2.05, 4.69) is 20.3 Å². The standard InChI is InChI=1S/C11H8ClN5S/c1-18-11-13-9(12)6-10(14-11)17-8-5-3-2-4-7(8)15-16-17/h2-6H,1H3. The number of hydrogen-bond donors (Lipinski definition) is 0. The predicted octanol–water partition coefficient (Wildman–Crippen LogP) is 2.59. The Hall–Kier alpha value is -1.66. The summed E-state index contributed by atoms with van der Waals surface area (Å²) in [7, 11) is 0. The van der Waals surface area contributed by atoms with E-state index in [4.69, 9.17) is 11.6 Å². The maximum absolute atomic E-state index is 5.97. The Bertz CT molecular complexity index is 711. The van der Waals surface area contributed by atoms with Crippen LogP contribution in [0.3, 0.4) is 0 Å². The second kappa shape index (κ2) is 4.55. The van der Waals surface area contributed by atoms with Crippen LogP contribution in [0.4, 0.5) is 0 Å². The van der Waals surface area contributed by atoms with Crippen LogP contribution in [0.1, 0.15) is 0 Å². The molecule has 5 nitrogen and oxygen atoms in total. The zero-order chi connectivity index (χ0) is 12.5. The summed E-state index contributed by atoms with van der Waals surface area (Å²) in [6.07, 6.45) is 1.90. The summed E-state index contributed by atoms with van der Waals surface area (Å²) in [5.74, 6) is 0.619. The van der Waals surface area contributed by atoms with E-state index >= 15 is 0 Å². The summed E-state index contributed by atoms with van der Waals surface area (Å²) >= 11 is 7.40. The minimum absolute atomic E-state index is 0.393. The number of benzene rings is 1. The molecule has 2 aromatic heterocycles. The second-order valence-corrected chi connectivity index (χ2v) is 4.69. The van der Waals surface area contributed by atoms with Gasteiger partial charge in [0.25, 0.3) is 0 Å². The maximum Gasteiger partial charge on any atom is 0.190 e. The lowest BCUT2D eigenvalue weighted by Crippen LogP contribution is -2.02. The van der Waals surface area contributed by atoms with Crippen molar-refractivity contribution in [1.82, 2.24) is 25.0 Å². The van der Waals surface area contributed by atoms with Gasteiger partial charge in [-0.05, 0) is 18.4 Å². The van der Waals surface area contributed by atoms with Crippen LogP contribution in [-0.2, 0) is 0 Å². The van der Waals surface area contributed by atoms with Gasteiger partial charge in [-0.3, -0.25) is 0 Å². The van der Waals surface area contributed by atoms with Crippen LogP contribution in [0.15, 0.2) is 35.5 Å². The van der Waals surface area contributed by atoms with Gasteiger partial charge in [-0.25, -0.2) is 9.97 Å². The largest absolute Gasteiger partial charge is 0.210 e. The molecule has 3 rings (SSSR count). The Labute approximate surface area is 112 Å². The van der Waals surface area contributed by atoms with Crippen molar-refractivity contribution in [3.05, 3.63) is 35.5 Å². The summed E-state index contributed by atoms with van der Waals surface area (Å²) < 4.78 is 1.66. The topological polar surface area (TPSA) is 56.5 Å². The molecule has 90 valence electrons. The number of halogens is 1. The van der Waals surface area contributed by atoms with E-state index in [1.54, 1.807) is 10.7 Å². The predicted molar refractivity (Wildman–Crippen MR) is 71.2 cm³/mol. The van der Waals surface area contributed by atoms with Crippen molar-refractivity contribution in [2.45, 2.75) is 5.16 Å². The molecular formula is C11H8ClN5S. The van der Waals surface area contributed by atoms with Crippen molar-refractivity contribution in [3.8, 4) is 5.82 Å². The molecule has 0 saturated heterocycles. The first-order chi connectivity index (χ1) is 8.78. The van der Waals surface area contributed by atoms with Crippen LogP contribution in [0, 0.1) is 0 Å². The van der Waals surface area contributed by atoms with Crippen LogP contribution in [0.5, 0.6) is 0 Å². The maximum atomic E-state index is 5.97. The molecule has 0 saturated carbocycles. The molecule has 0 amide bonds. The number of nitrogens with zero attached hydrogens (tertiary/aromatic N) is 5. The summed E-state index contributed by atoms with van der Waals surface area (Å²) in [4.78, 5) is 8.47. The van der Waals surface area contributed by atoms with E-state index in [0.29, 0.717) is 16.1 Å². The molecule has 18 heavy (non-hydrogen) atoms. The first kappa shape index (κ1) is 11.4. The SMILES string of the molecule is CSc1nc(Cl)cc(-n2nnc3ccccc32)n1. The molecule has 0 aliphatic heterocycles. The van der Waals surface area contributed by atoms with Gasteiger partial charge in [0.05, 0.1) is 5.52 Å². The van der Waals surface area contributed by atoms with Gasteiger partial charge in [0.15, 0.2) is 11.0 Å². The molecule has 0 aliphatic carbocycles. The van der Waals surface area contributed by atoms with Crippen molar-refractivity contribution >= 4 is 34.4 Å². The molecule has 1 aromatic carbocycles. The van der Waals surface area contributed by atoms with Gasteiger partial charge in [-0.1, -0.05) is 40.7 Å². The zero-order valence-electron chi connectivity index (χ0n) is 9.41. The first-order valence-corrected chi connectivity index (χ1v) is 6.77. The molecule has 0 spiro atoms. The highest BCUT2D eigenvalue weighted by Crippen LogP contribution is 2.19. The van der Waals surface area contributed by atoms with Gasteiger partial charge in [0.2, 0.25) is 0 Å². The second-order valence-electron chi connectivity index (χ2n) is 3.53. The van der Waals surface area contributed by atoms with Crippen LogP contribution in [0.25, 0.3) is 16.9 Å². The molecule has 2 heterocycles. The van der Waals surface area contributed by atoms with Crippen molar-refractivity contribution in [2.75, 3.05) is 6.26 Å². The van der Waals surface area contributed by atoms with Crippen LogP contribution < -0.4 is 0 Å². The summed E-state index contributed by atoms with van der Waals surface area (Å²) in [6, 6.07) is 9.35. The molecule has 7 heteroatoms. The number of hydrogen-bond acceptors (Lipinski definition) is 5. The molecule has 3 aromatic rings. The van der Waals surface area contributed by atoms with E-state index in [0.717, 1.165) is 11.0 Å². The van der Waals surface area contributed by atoms with Gasteiger partial charge in [0, 0.05) is 6.07 Å². The molecular weight excluding hydrogens is 270 g/mol. The molecule has 0 N–H and O–H groups in total. The van der Waals surface area contributed by atoms with E-state index in [-0.39, 0.29) is 0 Å². The van der Waals surface area contributed by atoms with Crippen molar-refractivity contribution in [1.29, 1.82) is 0 Å². The smallest absolute Gasteiger partial charge is 0.190 e. The van der Waals surface area contributed by atoms with Crippen molar-refractivity contribution in [3.63, 3.8) is 0 Å². The van der Waals surface area contributed by atoms with Gasteiger partial charge in [-0.15, -0.1) is 5.10 Å². The Morgan fingerprint density at radius 1 is 1.22 bits per heavy atom. The number of thioether (sulfide) groups is 1. The fraction of sp³-hybridized carbons (Fsp3) is 0.0909. The first-order valence-electron chi connectivity index (χ1n) is 5.17. The van der Waals surface area contributed by atoms with Gasteiger partial charge in [0.1, 0.15) is 10.7 Å². The van der Waals surface area contributed by atoms with E-state index < -0.39 is 0 Å². The third kappa shape index (κ3) is 1.93. The van der Waals surface area contributed by atoms with Crippen LogP contribution in [-0.4, -0.2) is 31.2 Å². The highest BCUT2D eigenvalue weighted by atomic mass is 35.5. The third-order valence-electron chi connectivity index (χ3n) is 2.41. The van der Waals surface area contributed by atoms with E-state index in [1.165, 1.54) is 11.8 Å². The molecule has 0 bridgehead atoms. The van der Waals surface area contributed by atoms with Gasteiger partial charge in [-0.2, -0.15) is 4.68 Å². The lowest BCUT2D eigenvalue weighted by atomic mass is 10.3. The molecule has 0 unspecified atom stereocenters. The zero-order valence-corrected chi connectivity index (χ0v) is 11.0. The summed E-state index contributed by atoms with van der Waals surface area (Å²) in [6.45, 7) is 0. The van der Waals surface area contributed by atoms with Crippen molar-refractivity contribution in [2.24, 2.45) is 0 Å². The minimum Gasteiger partial charge on any atom is -0.210 e. The lowest BCUT2D eigenvalue weighted by molar-refractivity contribution is 0.777. The fourth-order valence-corrected chi connectivity index (χ4v) is 2.23. The fourth-order valence-electron chi connectivity index (χ4n) is 1.62. The van der Waals surface area contributed by atoms with Crippen molar-refractivity contribution < 1.29 is 0 Å². The van der Waals surface area contributed by atoms with E-state index in [9.17, 15) is 0 Å². The third-order valence-corrected chi connectivity index (χ3v) is 3.15. The van der Waals surface area contributed by atoms with E-state index in [1.807, 2.05) is 30.5 Å². The van der Waals surface area contributed by atoms with Gasteiger partial charge >= 0.3 is 0 Å². The Kier molecular flexibility index (Phi) is 2.89. The minimum atomic E-state index is 0.393. The monoisotopic (exact) mass is 277 g/mol. The summed E-state index contributed by atoms with van der Waals surface area (Å²) in [5.41, 5.74) is 1.71. The molecule has 0 fully saturated rings. The normalized spacial score (nSPS) is 11.0. The highest BCUT2D eigenvalue weighted by molar-refractivity contribution is 7.98. The number of rotatable bonds is 2. The number of fused-ring (bicyclic) bond motifs is 1. The Balaban J connectivity index is 2.22. The quantitative estimate of drug-likeness (QED) is 0.409. The summed E-state index contributed by atoms with van der Waals surface area (Å²) in [5, 5.41) is 9.17. The molecule has 0 aliphatic rings. The Morgan fingerprint density at radius 2 is 2.06 bits per heavy atom. The average Bonchev–Trinajstić information content (AvgIpc) is 2.81. The lowest BCUT2D eigenvalue weighted by Gasteiger charge is -2.03.